The molecule has 0 saturated heterocycles. The largest absolute Gasteiger partial charge is 0.453 e. The topological polar surface area (TPSA) is 58.6 Å². The van der Waals surface area contributed by atoms with E-state index in [0.717, 1.165) is 18.4 Å². The van der Waals surface area contributed by atoms with Gasteiger partial charge in [0.15, 0.2) is 0 Å². The molecule has 0 atom stereocenters. The van der Waals surface area contributed by atoms with Crippen LogP contribution in [0.4, 0.5) is 9.18 Å². The Bertz CT molecular complexity index is 752. The van der Waals surface area contributed by atoms with Crippen molar-refractivity contribution < 1.29 is 18.7 Å². The molecule has 1 N–H and O–H groups in total. The van der Waals surface area contributed by atoms with Crippen LogP contribution < -0.4 is 5.32 Å². The number of benzene rings is 1. The van der Waals surface area contributed by atoms with Gasteiger partial charge in [-0.05, 0) is 61.6 Å². The quantitative estimate of drug-likeness (QED) is 0.821. The Kier molecular flexibility index (Phi) is 5.69. The van der Waals surface area contributed by atoms with Crippen LogP contribution in [0.15, 0.2) is 18.2 Å². The van der Waals surface area contributed by atoms with Crippen molar-refractivity contribution in [2.45, 2.75) is 69.9 Å². The molecular weight excluding hydrogens is 359 g/mol. The van der Waals surface area contributed by atoms with Crippen molar-refractivity contribution in [2.24, 2.45) is 5.92 Å². The zero-order chi connectivity index (χ0) is 20.6. The summed E-state index contributed by atoms with van der Waals surface area (Å²) in [5.41, 5.74) is 1.57. The smallest absolute Gasteiger partial charge is 0.407 e. The fourth-order valence-corrected chi connectivity index (χ4v) is 4.50. The van der Waals surface area contributed by atoms with Crippen LogP contribution in [-0.2, 0) is 9.53 Å². The van der Waals surface area contributed by atoms with Crippen molar-refractivity contribution in [2.75, 3.05) is 14.2 Å². The van der Waals surface area contributed by atoms with Gasteiger partial charge >= 0.3 is 6.09 Å². The van der Waals surface area contributed by atoms with Crippen LogP contribution in [-0.4, -0.2) is 42.6 Å². The summed E-state index contributed by atoms with van der Waals surface area (Å²) in [4.78, 5) is 26.0. The number of carbonyl (C=O) groups excluding carboxylic acids is 2. The maximum absolute atomic E-state index is 13.9. The van der Waals surface area contributed by atoms with Gasteiger partial charge < -0.3 is 15.0 Å². The third-order valence-electron chi connectivity index (χ3n) is 6.45. The summed E-state index contributed by atoms with van der Waals surface area (Å²) in [5, 5.41) is 2.81. The Labute approximate surface area is 166 Å². The molecule has 1 aromatic carbocycles. The van der Waals surface area contributed by atoms with Crippen LogP contribution in [0.25, 0.3) is 0 Å². The van der Waals surface area contributed by atoms with Crippen LogP contribution in [0.2, 0.25) is 0 Å². The molecule has 2 amide bonds. The summed E-state index contributed by atoms with van der Waals surface area (Å²) in [6.07, 6.45) is 2.64. The van der Waals surface area contributed by atoms with Crippen molar-refractivity contribution in [1.29, 1.82) is 0 Å². The Balaban J connectivity index is 1.52. The predicted octanol–water partition coefficient (Wildman–Crippen LogP) is 4.18. The van der Waals surface area contributed by atoms with Crippen molar-refractivity contribution in [3.8, 4) is 0 Å². The summed E-state index contributed by atoms with van der Waals surface area (Å²) >= 11 is 0. The van der Waals surface area contributed by atoms with Gasteiger partial charge in [-0.1, -0.05) is 26.0 Å². The molecular formula is C22H31FN2O3. The molecule has 0 heterocycles. The van der Waals surface area contributed by atoms with Gasteiger partial charge in [0.25, 0.3) is 0 Å². The monoisotopic (exact) mass is 390 g/mol. The molecule has 0 bridgehead atoms. The van der Waals surface area contributed by atoms with E-state index in [4.69, 9.17) is 0 Å². The first-order valence-electron chi connectivity index (χ1n) is 10.1. The highest BCUT2D eigenvalue weighted by molar-refractivity contribution is 5.81. The average Bonchev–Trinajstić information content (AvgIpc) is 2.58. The third-order valence-corrected chi connectivity index (χ3v) is 6.45. The molecule has 2 aliphatic carbocycles. The second-order valence-electron chi connectivity index (χ2n) is 8.99. The standard InChI is InChI=1S/C22H31FN2O3/c1-13(2)18-10-14(6-7-19(18)23)15-8-17(9-15)25(4)20(26)16-11-22(3,12-16)24-21(27)28-5/h6-7,10,13,15-17H,8-9,11-12H2,1-5H3,(H,24,27). The molecule has 0 unspecified atom stereocenters. The van der Waals surface area contributed by atoms with E-state index in [0.29, 0.717) is 18.8 Å². The molecule has 5 nitrogen and oxygen atoms in total. The number of hydrogen-bond donors (Lipinski definition) is 1. The minimum absolute atomic E-state index is 0.0513. The van der Waals surface area contributed by atoms with E-state index in [2.05, 4.69) is 10.1 Å². The summed E-state index contributed by atoms with van der Waals surface area (Å²) < 4.78 is 18.6. The van der Waals surface area contributed by atoms with E-state index < -0.39 is 6.09 Å². The summed E-state index contributed by atoms with van der Waals surface area (Å²) in [6.45, 7) is 5.94. The Morgan fingerprint density at radius 1 is 1.29 bits per heavy atom. The van der Waals surface area contributed by atoms with Crippen molar-refractivity contribution in [3.05, 3.63) is 35.1 Å². The van der Waals surface area contributed by atoms with Crippen LogP contribution in [0.5, 0.6) is 0 Å². The van der Waals surface area contributed by atoms with Crippen LogP contribution in [0.1, 0.15) is 69.4 Å². The summed E-state index contributed by atoms with van der Waals surface area (Å²) in [7, 11) is 3.21. The van der Waals surface area contributed by atoms with E-state index >= 15 is 0 Å². The first-order valence-corrected chi connectivity index (χ1v) is 10.1. The molecule has 1 aromatic rings. The zero-order valence-corrected chi connectivity index (χ0v) is 17.4. The molecule has 6 heteroatoms. The highest BCUT2D eigenvalue weighted by Gasteiger charge is 2.47. The lowest BCUT2D eigenvalue weighted by atomic mass is 9.68. The fraction of sp³-hybridized carbons (Fsp3) is 0.636. The Morgan fingerprint density at radius 2 is 1.93 bits per heavy atom. The van der Waals surface area contributed by atoms with Gasteiger partial charge in [0.1, 0.15) is 5.82 Å². The average molecular weight is 390 g/mol. The van der Waals surface area contributed by atoms with Crippen molar-refractivity contribution in [1.82, 2.24) is 10.2 Å². The molecule has 0 aliphatic heterocycles. The van der Waals surface area contributed by atoms with Crippen molar-refractivity contribution >= 4 is 12.0 Å². The number of alkyl carbamates (subject to hydrolysis) is 1. The SMILES string of the molecule is COC(=O)NC1(C)CC(C(=O)N(C)C2CC(c3ccc(F)c(C(C)C)c3)C2)C1. The van der Waals surface area contributed by atoms with E-state index in [1.54, 1.807) is 6.07 Å². The molecule has 2 saturated carbocycles. The predicted molar refractivity (Wildman–Crippen MR) is 106 cm³/mol. The summed E-state index contributed by atoms with van der Waals surface area (Å²) in [5.74, 6) is 0.493. The Hall–Kier alpha value is -2.11. The first kappa shape index (κ1) is 20.6. The molecule has 2 fully saturated rings. The molecule has 0 radical (unpaired) electrons. The maximum Gasteiger partial charge on any atom is 0.407 e. The third kappa shape index (κ3) is 4.01. The second-order valence-corrected chi connectivity index (χ2v) is 8.99. The van der Waals surface area contributed by atoms with E-state index in [1.165, 1.54) is 12.7 Å². The second kappa shape index (κ2) is 7.72. The van der Waals surface area contributed by atoms with Gasteiger partial charge in [0.2, 0.25) is 5.91 Å². The van der Waals surface area contributed by atoms with Crippen LogP contribution >= 0.6 is 0 Å². The van der Waals surface area contributed by atoms with E-state index in [9.17, 15) is 14.0 Å². The molecule has 0 aromatic heterocycles. The number of methoxy groups -OCH3 is 1. The minimum Gasteiger partial charge on any atom is -0.453 e. The van der Waals surface area contributed by atoms with Crippen molar-refractivity contribution in [3.63, 3.8) is 0 Å². The van der Waals surface area contributed by atoms with Gasteiger partial charge in [-0.15, -0.1) is 0 Å². The highest BCUT2D eigenvalue weighted by atomic mass is 19.1. The molecule has 3 rings (SSSR count). The number of nitrogens with zero attached hydrogens (tertiary/aromatic N) is 1. The number of ether oxygens (including phenoxy) is 1. The van der Waals surface area contributed by atoms with Crippen LogP contribution in [0.3, 0.4) is 0 Å². The fourth-order valence-electron chi connectivity index (χ4n) is 4.50. The number of nitrogens with one attached hydrogen (secondary N) is 1. The molecule has 28 heavy (non-hydrogen) atoms. The lowest BCUT2D eigenvalue weighted by Crippen LogP contribution is -2.59. The van der Waals surface area contributed by atoms with Gasteiger partial charge in [0, 0.05) is 24.5 Å². The normalized spacial score (nSPS) is 28.9. The maximum atomic E-state index is 13.9. The molecule has 2 aliphatic rings. The van der Waals surface area contributed by atoms with Gasteiger partial charge in [-0.2, -0.15) is 0 Å². The van der Waals surface area contributed by atoms with Gasteiger partial charge in [-0.25, -0.2) is 9.18 Å². The molecule has 154 valence electrons. The number of amides is 2. The first-order chi connectivity index (χ1) is 13.1. The zero-order valence-electron chi connectivity index (χ0n) is 17.4. The minimum atomic E-state index is -0.455. The number of carbonyl (C=O) groups is 2. The number of rotatable bonds is 5. The highest BCUT2D eigenvalue weighted by Crippen LogP contribution is 2.43. The lowest BCUT2D eigenvalue weighted by molar-refractivity contribution is -0.143. The number of halogens is 1. The van der Waals surface area contributed by atoms with Gasteiger partial charge in [0.05, 0.1) is 7.11 Å². The van der Waals surface area contributed by atoms with E-state index in [-0.39, 0.29) is 35.1 Å². The lowest BCUT2D eigenvalue weighted by Gasteiger charge is -2.48. The molecule has 0 spiro atoms. The number of hydrogen-bond acceptors (Lipinski definition) is 3. The summed E-state index contributed by atoms with van der Waals surface area (Å²) in [6, 6.07) is 5.65. The van der Waals surface area contributed by atoms with Gasteiger partial charge in [-0.3, -0.25) is 4.79 Å². The Morgan fingerprint density at radius 3 is 2.50 bits per heavy atom. The van der Waals surface area contributed by atoms with E-state index in [1.807, 2.05) is 44.9 Å². The van der Waals surface area contributed by atoms with Crippen LogP contribution in [0, 0.1) is 11.7 Å².